The van der Waals surface area contributed by atoms with Gasteiger partial charge in [-0.3, -0.25) is 4.79 Å². The summed E-state index contributed by atoms with van der Waals surface area (Å²) in [5.74, 6) is 1.14. The van der Waals surface area contributed by atoms with Gasteiger partial charge in [-0.15, -0.1) is 0 Å². The standard InChI is InChI=1S/C27H33N7O3/c35-18-19-8-7-9-20(16-19)28-24(37)22-11-10-21(17-23(22)36)29-25-30-26(33-12-3-1-4-13-33)32-27(31-25)34-14-5-2-6-15-34/h7-11,16-17,35-36H,1-6,12-15,18H2,(H,28,37)(H,29,30,31,32). The van der Waals surface area contributed by atoms with Crippen molar-refractivity contribution < 1.29 is 15.0 Å². The Kier molecular flexibility index (Phi) is 7.65. The van der Waals surface area contributed by atoms with E-state index in [4.69, 9.17) is 15.0 Å². The number of aromatic hydroxyl groups is 1. The van der Waals surface area contributed by atoms with Crippen LogP contribution in [0.15, 0.2) is 42.5 Å². The number of piperidine rings is 2. The minimum Gasteiger partial charge on any atom is -0.507 e. The minimum absolute atomic E-state index is 0.120. The van der Waals surface area contributed by atoms with Crippen LogP contribution in [0.2, 0.25) is 0 Å². The molecule has 2 saturated heterocycles. The number of amides is 1. The molecule has 4 N–H and O–H groups in total. The van der Waals surface area contributed by atoms with Crippen LogP contribution in [0.1, 0.15) is 54.4 Å². The Morgan fingerprint density at radius 2 is 1.46 bits per heavy atom. The molecular formula is C27H33N7O3. The molecule has 3 heterocycles. The number of carbonyl (C=O) groups excluding carboxylic acids is 1. The lowest BCUT2D eigenvalue weighted by Crippen LogP contribution is -2.34. The van der Waals surface area contributed by atoms with Crippen molar-refractivity contribution in [2.45, 2.75) is 45.1 Å². The third-order valence-electron chi connectivity index (χ3n) is 6.76. The molecule has 0 radical (unpaired) electrons. The van der Waals surface area contributed by atoms with Gasteiger partial charge in [0.1, 0.15) is 5.75 Å². The summed E-state index contributed by atoms with van der Waals surface area (Å²) in [6.07, 6.45) is 6.92. The summed E-state index contributed by atoms with van der Waals surface area (Å²) in [4.78, 5) is 31.3. The Balaban J connectivity index is 1.35. The van der Waals surface area contributed by atoms with Crippen LogP contribution >= 0.6 is 0 Å². The first kappa shape index (κ1) is 24.8. The minimum atomic E-state index is -0.445. The Bertz CT molecular complexity index is 1200. The van der Waals surface area contributed by atoms with Crippen molar-refractivity contribution in [2.75, 3.05) is 46.6 Å². The number of phenolic OH excluding ortho intramolecular Hbond substituents is 1. The molecular weight excluding hydrogens is 470 g/mol. The molecule has 0 spiro atoms. The van der Waals surface area contributed by atoms with Crippen molar-refractivity contribution in [1.82, 2.24) is 15.0 Å². The summed E-state index contributed by atoms with van der Waals surface area (Å²) in [5, 5.41) is 25.9. The topological polar surface area (TPSA) is 127 Å². The molecule has 2 aromatic carbocycles. The summed E-state index contributed by atoms with van der Waals surface area (Å²) in [7, 11) is 0. The number of aromatic nitrogens is 3. The van der Waals surface area contributed by atoms with Crippen molar-refractivity contribution >= 4 is 35.1 Å². The normalized spacial score (nSPS) is 15.9. The molecule has 0 aliphatic carbocycles. The van der Waals surface area contributed by atoms with Crippen LogP contribution < -0.4 is 20.4 Å². The lowest BCUT2D eigenvalue weighted by molar-refractivity contribution is 0.102. The van der Waals surface area contributed by atoms with E-state index in [0.29, 0.717) is 34.8 Å². The van der Waals surface area contributed by atoms with Gasteiger partial charge in [-0.25, -0.2) is 0 Å². The second-order valence-corrected chi connectivity index (χ2v) is 9.52. The number of aliphatic hydroxyl groups excluding tert-OH is 1. The lowest BCUT2D eigenvalue weighted by Gasteiger charge is -2.30. The van der Waals surface area contributed by atoms with E-state index in [-0.39, 0.29) is 17.9 Å². The van der Waals surface area contributed by atoms with Crippen LogP contribution in [-0.4, -0.2) is 57.3 Å². The zero-order valence-electron chi connectivity index (χ0n) is 20.9. The zero-order valence-corrected chi connectivity index (χ0v) is 20.9. The van der Waals surface area contributed by atoms with E-state index in [1.807, 2.05) is 0 Å². The van der Waals surface area contributed by atoms with Gasteiger partial charge in [0.15, 0.2) is 0 Å². The number of benzene rings is 2. The van der Waals surface area contributed by atoms with Crippen molar-refractivity contribution in [2.24, 2.45) is 0 Å². The van der Waals surface area contributed by atoms with Crippen LogP contribution in [0.4, 0.5) is 29.2 Å². The van der Waals surface area contributed by atoms with E-state index in [2.05, 4.69) is 20.4 Å². The van der Waals surface area contributed by atoms with Gasteiger partial charge < -0.3 is 30.6 Å². The summed E-state index contributed by atoms with van der Waals surface area (Å²) >= 11 is 0. The van der Waals surface area contributed by atoms with Crippen molar-refractivity contribution in [1.29, 1.82) is 0 Å². The average Bonchev–Trinajstić information content (AvgIpc) is 2.94. The number of nitrogens with one attached hydrogen (secondary N) is 2. The molecule has 2 aliphatic rings. The number of anilines is 5. The van der Waals surface area contributed by atoms with Gasteiger partial charge in [0.2, 0.25) is 17.8 Å². The highest BCUT2D eigenvalue weighted by molar-refractivity contribution is 6.06. The predicted octanol–water partition coefficient (Wildman–Crippen LogP) is 4.05. The van der Waals surface area contributed by atoms with E-state index in [1.54, 1.807) is 36.4 Å². The molecule has 0 saturated carbocycles. The van der Waals surface area contributed by atoms with Gasteiger partial charge in [0.05, 0.1) is 12.2 Å². The predicted molar refractivity (Wildman–Crippen MR) is 144 cm³/mol. The lowest BCUT2D eigenvalue weighted by atomic mass is 10.1. The molecule has 10 nitrogen and oxygen atoms in total. The van der Waals surface area contributed by atoms with Gasteiger partial charge in [0, 0.05) is 43.6 Å². The largest absolute Gasteiger partial charge is 0.507 e. The first-order chi connectivity index (χ1) is 18.1. The second-order valence-electron chi connectivity index (χ2n) is 9.52. The third-order valence-corrected chi connectivity index (χ3v) is 6.76. The molecule has 2 aliphatic heterocycles. The fourth-order valence-corrected chi connectivity index (χ4v) is 4.76. The molecule has 1 amide bonds. The number of carbonyl (C=O) groups is 1. The maximum Gasteiger partial charge on any atom is 0.259 e. The molecule has 3 aromatic rings. The molecule has 2 fully saturated rings. The number of aliphatic hydroxyl groups is 1. The molecule has 37 heavy (non-hydrogen) atoms. The van der Waals surface area contributed by atoms with Crippen molar-refractivity contribution in [3.63, 3.8) is 0 Å². The van der Waals surface area contributed by atoms with Gasteiger partial charge >= 0.3 is 0 Å². The van der Waals surface area contributed by atoms with Crippen LogP contribution in [-0.2, 0) is 6.61 Å². The Labute approximate surface area is 216 Å². The van der Waals surface area contributed by atoms with E-state index in [0.717, 1.165) is 51.9 Å². The Morgan fingerprint density at radius 3 is 2.05 bits per heavy atom. The summed E-state index contributed by atoms with van der Waals surface area (Å²) in [5.41, 5.74) is 1.93. The van der Waals surface area contributed by atoms with E-state index in [1.165, 1.54) is 18.9 Å². The van der Waals surface area contributed by atoms with E-state index in [9.17, 15) is 15.0 Å². The quantitative estimate of drug-likeness (QED) is 0.378. The molecule has 194 valence electrons. The first-order valence-electron chi connectivity index (χ1n) is 13.0. The van der Waals surface area contributed by atoms with Crippen LogP contribution in [0.25, 0.3) is 0 Å². The maximum atomic E-state index is 12.7. The van der Waals surface area contributed by atoms with Gasteiger partial charge in [-0.1, -0.05) is 12.1 Å². The van der Waals surface area contributed by atoms with Crippen LogP contribution in [0.5, 0.6) is 5.75 Å². The highest BCUT2D eigenvalue weighted by Gasteiger charge is 2.21. The average molecular weight is 504 g/mol. The monoisotopic (exact) mass is 503 g/mol. The van der Waals surface area contributed by atoms with Crippen LogP contribution in [0.3, 0.4) is 0 Å². The maximum absolute atomic E-state index is 12.7. The third kappa shape index (κ3) is 6.08. The second kappa shape index (κ2) is 11.4. The highest BCUT2D eigenvalue weighted by Crippen LogP contribution is 2.27. The fourth-order valence-electron chi connectivity index (χ4n) is 4.76. The number of hydrogen-bond donors (Lipinski definition) is 4. The fraction of sp³-hybridized carbons (Fsp3) is 0.407. The van der Waals surface area contributed by atoms with Crippen LogP contribution in [0, 0.1) is 0 Å². The van der Waals surface area contributed by atoms with Gasteiger partial charge in [-0.05, 0) is 68.4 Å². The van der Waals surface area contributed by atoms with Crippen molar-refractivity contribution in [3.8, 4) is 5.75 Å². The van der Waals surface area contributed by atoms with Gasteiger partial charge in [-0.2, -0.15) is 15.0 Å². The van der Waals surface area contributed by atoms with Crippen molar-refractivity contribution in [3.05, 3.63) is 53.6 Å². The summed E-state index contributed by atoms with van der Waals surface area (Å²) in [6, 6.07) is 11.7. The van der Waals surface area contributed by atoms with E-state index >= 15 is 0 Å². The molecule has 1 aromatic heterocycles. The smallest absolute Gasteiger partial charge is 0.259 e. The number of hydrogen-bond acceptors (Lipinski definition) is 9. The number of nitrogens with zero attached hydrogens (tertiary/aromatic N) is 5. The van der Waals surface area contributed by atoms with E-state index < -0.39 is 5.91 Å². The molecule has 0 unspecified atom stereocenters. The number of rotatable bonds is 7. The molecule has 0 bridgehead atoms. The Morgan fingerprint density at radius 1 is 0.811 bits per heavy atom. The summed E-state index contributed by atoms with van der Waals surface area (Å²) in [6.45, 7) is 3.58. The number of phenols is 1. The highest BCUT2D eigenvalue weighted by atomic mass is 16.3. The zero-order chi connectivity index (χ0) is 25.6. The molecule has 5 rings (SSSR count). The first-order valence-corrected chi connectivity index (χ1v) is 13.0. The molecule has 10 heteroatoms. The molecule has 0 atom stereocenters. The van der Waals surface area contributed by atoms with Gasteiger partial charge in [0.25, 0.3) is 5.91 Å². The summed E-state index contributed by atoms with van der Waals surface area (Å²) < 4.78 is 0. The SMILES string of the molecule is O=C(Nc1cccc(CO)c1)c1ccc(Nc2nc(N3CCCCC3)nc(N3CCCCC3)n2)cc1O. The Hall–Kier alpha value is -3.92.